The number of hydrogen-bond acceptors (Lipinski definition) is 7. The van der Waals surface area contributed by atoms with E-state index in [0.29, 0.717) is 24.1 Å². The minimum atomic E-state index is -4.00. The van der Waals surface area contributed by atoms with E-state index in [2.05, 4.69) is 41.9 Å². The molecule has 0 saturated heterocycles. The zero-order chi connectivity index (χ0) is 34.6. The highest BCUT2D eigenvalue weighted by atomic mass is 32.2. The van der Waals surface area contributed by atoms with Gasteiger partial charge in [0.25, 0.3) is 10.0 Å². The van der Waals surface area contributed by atoms with Gasteiger partial charge in [0.1, 0.15) is 0 Å². The molecule has 2 aliphatic carbocycles. The van der Waals surface area contributed by atoms with E-state index in [4.69, 9.17) is 14.5 Å². The summed E-state index contributed by atoms with van der Waals surface area (Å²) in [7, 11) is -4.00. The molecule has 2 heterocycles. The van der Waals surface area contributed by atoms with Gasteiger partial charge in [-0.2, -0.15) is 4.98 Å². The molecule has 6 rings (SSSR count). The Morgan fingerprint density at radius 3 is 2.35 bits per heavy atom. The van der Waals surface area contributed by atoms with Crippen LogP contribution < -0.4 is 14.8 Å². The zero-order valence-corrected chi connectivity index (χ0v) is 30.3. The molecule has 0 radical (unpaired) electrons. The first-order valence-electron chi connectivity index (χ1n) is 17.2. The number of amides is 1. The Bertz CT molecular complexity index is 1780. The second kappa shape index (κ2) is 12.7. The Morgan fingerprint density at radius 2 is 1.71 bits per heavy atom. The standard InChI is InChI=1S/C38H50N4O5S/c1-22(2)47-36(43)39-29-19-38(20-29)17-27(18-38)32-26-13-10-14-30(15-26)48(44,45)42-35-40-33(31-23(3)11-9-12-24(31)4)25(5)34(41-35)46-21-28(32)16-37(6,7)8/h9-15,22,27-29,32H,16-21H2,1-8H3,(H,39,43)(H,40,41,42)/t27?,28-,29?,32?,38?/m1/s1. The number of aromatic nitrogens is 2. The Kier molecular flexibility index (Phi) is 9.02. The van der Waals surface area contributed by atoms with E-state index in [0.717, 1.165) is 59.9 Å². The van der Waals surface area contributed by atoms with Crippen molar-refractivity contribution in [3.05, 3.63) is 64.7 Å². The monoisotopic (exact) mass is 674 g/mol. The molecule has 2 saturated carbocycles. The van der Waals surface area contributed by atoms with Crippen molar-refractivity contribution in [3.8, 4) is 17.1 Å². The molecular weight excluding hydrogens is 625 g/mol. The Balaban J connectivity index is 1.36. The molecule has 258 valence electrons. The fourth-order valence-corrected chi connectivity index (χ4v) is 9.51. The molecule has 1 aliphatic heterocycles. The van der Waals surface area contributed by atoms with Gasteiger partial charge < -0.3 is 14.8 Å². The van der Waals surface area contributed by atoms with Crippen LogP contribution in [0, 0.1) is 43.4 Å². The molecule has 4 bridgehead atoms. The van der Waals surface area contributed by atoms with Crippen LogP contribution in [0.1, 0.15) is 94.9 Å². The lowest BCUT2D eigenvalue weighted by Gasteiger charge is -2.60. The smallest absolute Gasteiger partial charge is 0.407 e. The Labute approximate surface area is 285 Å². The molecule has 9 nitrogen and oxygen atoms in total. The summed E-state index contributed by atoms with van der Waals surface area (Å²) in [6.07, 6.45) is 4.32. The minimum absolute atomic E-state index is 0.00508. The number of ether oxygens (including phenoxy) is 2. The second-order valence-corrected chi connectivity index (χ2v) is 17.7. The van der Waals surface area contributed by atoms with Crippen LogP contribution in [0.3, 0.4) is 0 Å². The number of fused-ring (bicyclic) bond motifs is 4. The lowest BCUT2D eigenvalue weighted by molar-refractivity contribution is -0.0696. The Morgan fingerprint density at radius 1 is 1.04 bits per heavy atom. The fraction of sp³-hybridized carbons (Fsp3) is 0.553. The fourth-order valence-electron chi connectivity index (χ4n) is 8.52. The second-order valence-electron chi connectivity index (χ2n) is 16.0. The molecule has 10 heteroatoms. The third-order valence-electron chi connectivity index (χ3n) is 10.3. The topological polar surface area (TPSA) is 120 Å². The predicted molar refractivity (Wildman–Crippen MR) is 188 cm³/mol. The lowest BCUT2D eigenvalue weighted by Crippen LogP contribution is -2.57. The van der Waals surface area contributed by atoms with Gasteiger partial charge in [-0.25, -0.2) is 22.9 Å². The maximum Gasteiger partial charge on any atom is 0.407 e. The van der Waals surface area contributed by atoms with Crippen LogP contribution in [-0.2, 0) is 14.8 Å². The molecule has 1 amide bonds. The number of nitrogens with zero attached hydrogens (tertiary/aromatic N) is 2. The lowest BCUT2D eigenvalue weighted by atomic mass is 9.46. The summed E-state index contributed by atoms with van der Waals surface area (Å²) in [6, 6.07) is 13.6. The van der Waals surface area contributed by atoms with Crippen molar-refractivity contribution in [2.75, 3.05) is 11.3 Å². The number of carbonyl (C=O) groups excluding carboxylic acids is 1. The van der Waals surface area contributed by atoms with Gasteiger partial charge in [-0.05, 0) is 118 Å². The van der Waals surface area contributed by atoms with E-state index in [1.807, 2.05) is 65.0 Å². The molecule has 2 N–H and O–H groups in total. The highest BCUT2D eigenvalue weighted by Gasteiger charge is 2.56. The maximum atomic E-state index is 13.9. The number of anilines is 1. The number of alkyl carbamates (subject to hydrolysis) is 1. The van der Waals surface area contributed by atoms with Crippen LogP contribution in [-0.4, -0.2) is 43.2 Å². The number of rotatable bonds is 5. The van der Waals surface area contributed by atoms with Gasteiger partial charge in [0.05, 0.1) is 23.3 Å². The molecule has 1 unspecified atom stereocenters. The third kappa shape index (κ3) is 7.05. The first kappa shape index (κ1) is 34.2. The summed E-state index contributed by atoms with van der Waals surface area (Å²) in [5.41, 5.74) is 5.70. The molecule has 1 spiro atoms. The number of benzene rings is 2. The summed E-state index contributed by atoms with van der Waals surface area (Å²) < 4.78 is 42.4. The van der Waals surface area contributed by atoms with E-state index in [1.165, 1.54) is 0 Å². The number of nitrogens with one attached hydrogen (secondary N) is 2. The number of hydrogen-bond donors (Lipinski definition) is 2. The molecule has 2 aromatic carbocycles. The van der Waals surface area contributed by atoms with Crippen LogP contribution in [0.4, 0.5) is 10.7 Å². The first-order chi connectivity index (χ1) is 22.5. The summed E-state index contributed by atoms with van der Waals surface area (Å²) in [5, 5.41) is 3.03. The van der Waals surface area contributed by atoms with Crippen LogP contribution in [0.15, 0.2) is 47.4 Å². The van der Waals surface area contributed by atoms with Gasteiger partial charge in [0.15, 0.2) is 0 Å². The van der Waals surface area contributed by atoms with Gasteiger partial charge in [-0.3, -0.25) is 0 Å². The highest BCUT2D eigenvalue weighted by molar-refractivity contribution is 7.92. The predicted octanol–water partition coefficient (Wildman–Crippen LogP) is 8.09. The first-order valence-corrected chi connectivity index (χ1v) is 18.7. The minimum Gasteiger partial charge on any atom is -0.477 e. The number of sulfonamides is 1. The normalized spacial score (nSPS) is 26.2. The van der Waals surface area contributed by atoms with Crippen molar-refractivity contribution in [3.63, 3.8) is 0 Å². The SMILES string of the molecule is Cc1cccc(C)c1-c1nc2nc(c1C)OC[C@@H](CC(C)(C)C)C(C1CC3(CC(NC(=O)OC(C)C)C3)C1)c1cccc(c1)S(=O)(=O)N2. The van der Waals surface area contributed by atoms with Gasteiger partial charge in [0.2, 0.25) is 11.8 Å². The molecule has 48 heavy (non-hydrogen) atoms. The van der Waals surface area contributed by atoms with E-state index in [-0.39, 0.29) is 51.7 Å². The van der Waals surface area contributed by atoms with Crippen molar-refractivity contribution < 1.29 is 22.7 Å². The molecule has 2 atom stereocenters. The zero-order valence-electron chi connectivity index (χ0n) is 29.5. The molecule has 1 aromatic heterocycles. The molecule has 3 aromatic rings. The number of carbonyl (C=O) groups is 1. The van der Waals surface area contributed by atoms with Crippen LogP contribution in [0.2, 0.25) is 0 Å². The largest absolute Gasteiger partial charge is 0.477 e. The van der Waals surface area contributed by atoms with Crippen molar-refractivity contribution in [1.82, 2.24) is 15.3 Å². The van der Waals surface area contributed by atoms with Gasteiger partial charge >= 0.3 is 6.09 Å². The van der Waals surface area contributed by atoms with E-state index in [9.17, 15) is 13.2 Å². The molecular formula is C38H50N4O5S. The van der Waals surface area contributed by atoms with Crippen molar-refractivity contribution in [2.24, 2.45) is 22.7 Å². The maximum absolute atomic E-state index is 13.9. The third-order valence-corrected chi connectivity index (χ3v) is 11.7. The van der Waals surface area contributed by atoms with E-state index < -0.39 is 10.0 Å². The summed E-state index contributed by atoms with van der Waals surface area (Å²) in [4.78, 5) is 21.8. The highest BCUT2D eigenvalue weighted by Crippen LogP contribution is 2.63. The van der Waals surface area contributed by atoms with Crippen LogP contribution in [0.5, 0.6) is 5.88 Å². The summed E-state index contributed by atoms with van der Waals surface area (Å²) in [5.74, 6) is 0.935. The van der Waals surface area contributed by atoms with Crippen molar-refractivity contribution >= 4 is 22.1 Å². The van der Waals surface area contributed by atoms with Gasteiger partial charge in [0, 0.05) is 23.1 Å². The Hall–Kier alpha value is -3.66. The van der Waals surface area contributed by atoms with E-state index in [1.54, 1.807) is 6.07 Å². The molecule has 2 fully saturated rings. The van der Waals surface area contributed by atoms with Crippen molar-refractivity contribution in [1.29, 1.82) is 0 Å². The quantitative estimate of drug-likeness (QED) is 0.281. The van der Waals surface area contributed by atoms with Crippen LogP contribution in [0.25, 0.3) is 11.3 Å². The average molecular weight is 675 g/mol. The number of aryl methyl sites for hydroxylation is 2. The van der Waals surface area contributed by atoms with Gasteiger partial charge in [-0.15, -0.1) is 0 Å². The molecule has 3 aliphatic rings. The van der Waals surface area contributed by atoms with Crippen molar-refractivity contribution in [2.45, 2.75) is 110 Å². The van der Waals surface area contributed by atoms with E-state index >= 15 is 0 Å². The van der Waals surface area contributed by atoms with Gasteiger partial charge in [-0.1, -0.05) is 51.1 Å². The summed E-state index contributed by atoms with van der Waals surface area (Å²) in [6.45, 7) is 16.9. The van der Waals surface area contributed by atoms with Crippen LogP contribution >= 0.6 is 0 Å². The summed E-state index contributed by atoms with van der Waals surface area (Å²) >= 11 is 0. The average Bonchev–Trinajstić information content (AvgIpc) is 2.93.